The van der Waals surface area contributed by atoms with Crippen LogP contribution in [0.5, 0.6) is 5.75 Å². The molecule has 0 fully saturated rings. The SMILES string of the molecule is CCCCNC(=O)c1ccc(CN(Cc2ccc(OCC)cc2)Cc2cccc(F)c2)o1. The molecule has 0 unspecified atom stereocenters. The average molecular weight is 439 g/mol. The third-order valence-electron chi connectivity index (χ3n) is 5.02. The number of hydrogen-bond donors (Lipinski definition) is 1. The highest BCUT2D eigenvalue weighted by atomic mass is 19.1. The first-order chi connectivity index (χ1) is 15.6. The summed E-state index contributed by atoms with van der Waals surface area (Å²) in [6.07, 6.45) is 1.95. The second kappa shape index (κ2) is 12.1. The zero-order chi connectivity index (χ0) is 22.8. The second-order valence-electron chi connectivity index (χ2n) is 7.73. The predicted octanol–water partition coefficient (Wildman–Crippen LogP) is 5.55. The first-order valence-electron chi connectivity index (χ1n) is 11.1. The summed E-state index contributed by atoms with van der Waals surface area (Å²) in [5.41, 5.74) is 1.98. The molecule has 0 aliphatic heterocycles. The van der Waals surface area contributed by atoms with Crippen molar-refractivity contribution in [2.24, 2.45) is 0 Å². The summed E-state index contributed by atoms with van der Waals surface area (Å²) in [6, 6.07) is 18.1. The molecule has 1 amide bonds. The van der Waals surface area contributed by atoms with Gasteiger partial charge in [0.15, 0.2) is 5.76 Å². The summed E-state index contributed by atoms with van der Waals surface area (Å²) in [6.45, 7) is 6.97. The Morgan fingerprint density at radius 2 is 1.78 bits per heavy atom. The van der Waals surface area contributed by atoms with E-state index in [9.17, 15) is 9.18 Å². The molecule has 1 N–H and O–H groups in total. The molecular weight excluding hydrogens is 407 g/mol. The van der Waals surface area contributed by atoms with Crippen molar-refractivity contribution in [3.63, 3.8) is 0 Å². The van der Waals surface area contributed by atoms with Crippen LogP contribution in [0.1, 0.15) is 54.1 Å². The largest absolute Gasteiger partial charge is 0.494 e. The number of unbranched alkanes of at least 4 members (excludes halogenated alkanes) is 1. The quantitative estimate of drug-likeness (QED) is 0.377. The summed E-state index contributed by atoms with van der Waals surface area (Å²) in [5.74, 6) is 1.37. The van der Waals surface area contributed by atoms with Crippen molar-refractivity contribution < 1.29 is 18.3 Å². The zero-order valence-electron chi connectivity index (χ0n) is 18.8. The number of carbonyl (C=O) groups excluding carboxylic acids is 1. The molecule has 0 bridgehead atoms. The Labute approximate surface area is 189 Å². The summed E-state index contributed by atoms with van der Waals surface area (Å²) in [4.78, 5) is 14.4. The Kier molecular flexibility index (Phi) is 8.87. The lowest BCUT2D eigenvalue weighted by molar-refractivity contribution is 0.0921. The lowest BCUT2D eigenvalue weighted by Crippen LogP contribution is -2.24. The molecule has 0 spiro atoms. The van der Waals surface area contributed by atoms with Crippen molar-refractivity contribution in [1.29, 1.82) is 0 Å². The molecule has 0 saturated carbocycles. The van der Waals surface area contributed by atoms with Crippen LogP contribution in [-0.4, -0.2) is 24.0 Å². The lowest BCUT2D eigenvalue weighted by Gasteiger charge is -2.22. The molecule has 3 aromatic rings. The number of carbonyl (C=O) groups is 1. The van der Waals surface area contributed by atoms with Crippen LogP contribution >= 0.6 is 0 Å². The van der Waals surface area contributed by atoms with E-state index in [1.807, 2.05) is 43.3 Å². The molecule has 0 saturated heterocycles. The molecule has 0 atom stereocenters. The minimum atomic E-state index is -0.257. The summed E-state index contributed by atoms with van der Waals surface area (Å²) in [7, 11) is 0. The summed E-state index contributed by atoms with van der Waals surface area (Å²) < 4.78 is 25.0. The zero-order valence-corrected chi connectivity index (χ0v) is 18.8. The number of rotatable bonds is 12. The van der Waals surface area contributed by atoms with Crippen LogP contribution in [0, 0.1) is 5.82 Å². The fourth-order valence-electron chi connectivity index (χ4n) is 3.45. The van der Waals surface area contributed by atoms with E-state index in [4.69, 9.17) is 9.15 Å². The molecule has 2 aromatic carbocycles. The van der Waals surface area contributed by atoms with Gasteiger partial charge in [-0.25, -0.2) is 4.39 Å². The maximum atomic E-state index is 13.7. The average Bonchev–Trinajstić information content (AvgIpc) is 3.24. The van der Waals surface area contributed by atoms with E-state index in [1.54, 1.807) is 18.2 Å². The maximum Gasteiger partial charge on any atom is 0.286 e. The highest BCUT2D eigenvalue weighted by Crippen LogP contribution is 2.19. The highest BCUT2D eigenvalue weighted by Gasteiger charge is 2.15. The topological polar surface area (TPSA) is 54.7 Å². The molecule has 0 radical (unpaired) electrons. The van der Waals surface area contributed by atoms with Crippen LogP contribution in [0.3, 0.4) is 0 Å². The minimum Gasteiger partial charge on any atom is -0.494 e. The molecule has 32 heavy (non-hydrogen) atoms. The van der Waals surface area contributed by atoms with Crippen LogP contribution in [0.15, 0.2) is 65.1 Å². The van der Waals surface area contributed by atoms with Crippen molar-refractivity contribution in [3.8, 4) is 5.75 Å². The van der Waals surface area contributed by atoms with Crippen LogP contribution in [-0.2, 0) is 19.6 Å². The van der Waals surface area contributed by atoms with Gasteiger partial charge < -0.3 is 14.5 Å². The van der Waals surface area contributed by atoms with Gasteiger partial charge in [0.1, 0.15) is 17.3 Å². The van der Waals surface area contributed by atoms with Crippen LogP contribution in [0.4, 0.5) is 4.39 Å². The van der Waals surface area contributed by atoms with Gasteiger partial charge in [0, 0.05) is 19.6 Å². The fourth-order valence-corrected chi connectivity index (χ4v) is 3.45. The molecule has 3 rings (SSSR count). The fraction of sp³-hybridized carbons (Fsp3) is 0.346. The number of furan rings is 1. The number of nitrogens with one attached hydrogen (secondary N) is 1. The second-order valence-corrected chi connectivity index (χ2v) is 7.73. The number of ether oxygens (including phenoxy) is 1. The Bertz CT molecular complexity index is 985. The van der Waals surface area contributed by atoms with E-state index >= 15 is 0 Å². The molecule has 1 heterocycles. The van der Waals surface area contributed by atoms with Crippen LogP contribution in [0.2, 0.25) is 0 Å². The molecule has 6 heteroatoms. The normalized spacial score (nSPS) is 11.0. The van der Waals surface area contributed by atoms with Gasteiger partial charge in [0.2, 0.25) is 0 Å². The Balaban J connectivity index is 1.71. The number of benzene rings is 2. The van der Waals surface area contributed by atoms with Gasteiger partial charge in [0.05, 0.1) is 13.2 Å². The summed E-state index contributed by atoms with van der Waals surface area (Å²) >= 11 is 0. The highest BCUT2D eigenvalue weighted by molar-refractivity contribution is 5.91. The van der Waals surface area contributed by atoms with E-state index in [2.05, 4.69) is 17.1 Å². The summed E-state index contributed by atoms with van der Waals surface area (Å²) in [5, 5.41) is 2.87. The van der Waals surface area contributed by atoms with Gasteiger partial charge in [-0.3, -0.25) is 9.69 Å². The predicted molar refractivity (Wildman–Crippen MR) is 123 cm³/mol. The van der Waals surface area contributed by atoms with E-state index < -0.39 is 0 Å². The third-order valence-corrected chi connectivity index (χ3v) is 5.02. The van der Waals surface area contributed by atoms with E-state index in [0.717, 1.165) is 29.7 Å². The van der Waals surface area contributed by atoms with Gasteiger partial charge in [-0.1, -0.05) is 37.6 Å². The Morgan fingerprint density at radius 1 is 1.00 bits per heavy atom. The van der Waals surface area contributed by atoms with E-state index in [0.29, 0.717) is 44.3 Å². The van der Waals surface area contributed by atoms with E-state index in [1.165, 1.54) is 6.07 Å². The van der Waals surface area contributed by atoms with Gasteiger partial charge in [-0.15, -0.1) is 0 Å². The van der Waals surface area contributed by atoms with Crippen molar-refractivity contribution in [3.05, 3.63) is 89.1 Å². The Morgan fingerprint density at radius 3 is 2.50 bits per heavy atom. The smallest absolute Gasteiger partial charge is 0.286 e. The lowest BCUT2D eigenvalue weighted by atomic mass is 10.1. The van der Waals surface area contributed by atoms with Gasteiger partial charge >= 0.3 is 0 Å². The number of nitrogens with zero attached hydrogens (tertiary/aromatic N) is 1. The molecule has 0 aliphatic carbocycles. The van der Waals surface area contributed by atoms with Gasteiger partial charge in [-0.05, 0) is 60.9 Å². The van der Waals surface area contributed by atoms with Crippen LogP contribution in [0.25, 0.3) is 0 Å². The van der Waals surface area contributed by atoms with Gasteiger partial charge in [-0.2, -0.15) is 0 Å². The number of halogens is 1. The monoisotopic (exact) mass is 438 g/mol. The molecule has 5 nitrogen and oxygen atoms in total. The molecular formula is C26H31FN2O3. The number of hydrogen-bond acceptors (Lipinski definition) is 4. The standard InChI is InChI=1S/C26H31FN2O3/c1-3-5-15-28-26(30)25-14-13-24(32-25)19-29(18-21-7-6-8-22(27)16-21)17-20-9-11-23(12-10-20)31-4-2/h6-14,16H,3-5,15,17-19H2,1-2H3,(H,28,30). The third kappa shape index (κ3) is 7.24. The van der Waals surface area contributed by atoms with E-state index in [-0.39, 0.29) is 11.7 Å². The van der Waals surface area contributed by atoms with Crippen LogP contribution < -0.4 is 10.1 Å². The van der Waals surface area contributed by atoms with Gasteiger partial charge in [0.25, 0.3) is 5.91 Å². The molecule has 170 valence electrons. The number of amides is 1. The molecule has 0 aliphatic rings. The molecule has 1 aromatic heterocycles. The first kappa shape index (κ1) is 23.5. The van der Waals surface area contributed by atoms with Crippen molar-refractivity contribution in [1.82, 2.24) is 10.2 Å². The van der Waals surface area contributed by atoms with Crippen molar-refractivity contribution in [2.75, 3.05) is 13.2 Å². The van der Waals surface area contributed by atoms with Crippen molar-refractivity contribution in [2.45, 2.75) is 46.3 Å². The maximum absolute atomic E-state index is 13.7. The minimum absolute atomic E-state index is 0.201. The Hall–Kier alpha value is -3.12. The first-order valence-corrected chi connectivity index (χ1v) is 11.1. The van der Waals surface area contributed by atoms with Crippen molar-refractivity contribution >= 4 is 5.91 Å².